The summed E-state index contributed by atoms with van der Waals surface area (Å²) in [5, 5.41) is 0. The Morgan fingerprint density at radius 1 is 1.00 bits per heavy atom. The largest absolute Gasteiger partial charge is 0.490 e. The molecule has 256 valence electrons. The van der Waals surface area contributed by atoms with Crippen LogP contribution in [0.2, 0.25) is 0 Å². The molecular formula is C36H34BrIN2O8S. The molecule has 0 spiro atoms. The van der Waals surface area contributed by atoms with Crippen molar-refractivity contribution in [3.8, 4) is 17.2 Å². The van der Waals surface area contributed by atoms with Crippen molar-refractivity contribution in [3.63, 3.8) is 0 Å². The van der Waals surface area contributed by atoms with Crippen LogP contribution in [0.15, 0.2) is 80.1 Å². The van der Waals surface area contributed by atoms with Gasteiger partial charge in [-0.1, -0.05) is 47.2 Å². The monoisotopic (exact) mass is 860 g/mol. The Balaban J connectivity index is 1.56. The Kier molecular flexibility index (Phi) is 12.0. The third-order valence-corrected chi connectivity index (χ3v) is 9.87. The number of rotatable bonds is 12. The van der Waals surface area contributed by atoms with Crippen molar-refractivity contribution >= 4 is 67.9 Å². The van der Waals surface area contributed by atoms with E-state index in [1.165, 1.54) is 28.6 Å². The van der Waals surface area contributed by atoms with Crippen LogP contribution in [0.5, 0.6) is 17.2 Å². The molecule has 0 fully saturated rings. The van der Waals surface area contributed by atoms with E-state index < -0.39 is 18.0 Å². The topological polar surface area (TPSA) is 115 Å². The van der Waals surface area contributed by atoms with E-state index in [0.29, 0.717) is 51.1 Å². The van der Waals surface area contributed by atoms with Crippen LogP contribution < -0.4 is 29.1 Å². The molecule has 0 saturated carbocycles. The number of halogens is 2. The SMILES string of the molecule is CCOC(=O)C1=C(C)N=c2s/c(=C\c3cc(Br)c(OCc4ccc(C)cc4)c(I)c3)c(=O)n2[C@H]1c1ccc(OCC(=O)OC)c(OCC)c1. The van der Waals surface area contributed by atoms with Crippen LogP contribution in [-0.2, 0) is 25.7 Å². The van der Waals surface area contributed by atoms with Gasteiger partial charge in [0, 0.05) is 0 Å². The molecule has 0 unspecified atom stereocenters. The average molecular weight is 862 g/mol. The number of nitrogens with zero attached hydrogens (tertiary/aromatic N) is 2. The molecule has 1 aliphatic heterocycles. The molecule has 2 heterocycles. The standard InChI is InChI=1S/C36H34BrIN2O8S/c1-6-45-28-17-24(12-13-27(28)47-19-30(41)44-5)32-31(35(43)46-7-2)21(4)39-36-40(32)34(42)29(49-36)16-23-14-25(37)33(26(38)15-23)48-18-22-10-8-20(3)9-11-22/h8-17,32H,6-7,18-19H2,1-5H3/b29-16-/t32-/m0/s1. The number of methoxy groups -OCH3 is 1. The summed E-state index contributed by atoms with van der Waals surface area (Å²) in [6.45, 7) is 7.86. The minimum Gasteiger partial charge on any atom is -0.490 e. The Labute approximate surface area is 309 Å². The number of allylic oxidation sites excluding steroid dienone is 1. The fraction of sp³-hybridized carbons (Fsp3) is 0.278. The van der Waals surface area contributed by atoms with Gasteiger partial charge in [-0.3, -0.25) is 9.36 Å². The Morgan fingerprint density at radius 2 is 1.76 bits per heavy atom. The molecule has 49 heavy (non-hydrogen) atoms. The Morgan fingerprint density at radius 3 is 2.43 bits per heavy atom. The van der Waals surface area contributed by atoms with Crippen molar-refractivity contribution in [3.05, 3.63) is 116 Å². The lowest BCUT2D eigenvalue weighted by Crippen LogP contribution is -2.40. The first kappa shape index (κ1) is 36.3. The van der Waals surface area contributed by atoms with Gasteiger partial charge in [0.15, 0.2) is 22.9 Å². The average Bonchev–Trinajstić information content (AvgIpc) is 3.37. The van der Waals surface area contributed by atoms with E-state index in [-0.39, 0.29) is 24.3 Å². The van der Waals surface area contributed by atoms with E-state index in [4.69, 9.17) is 23.7 Å². The van der Waals surface area contributed by atoms with Gasteiger partial charge in [-0.2, -0.15) is 0 Å². The first-order valence-electron chi connectivity index (χ1n) is 15.4. The van der Waals surface area contributed by atoms with Crippen molar-refractivity contribution in [1.82, 2.24) is 4.57 Å². The molecule has 0 amide bonds. The quantitative estimate of drug-likeness (QED) is 0.126. The molecule has 1 atom stereocenters. The summed E-state index contributed by atoms with van der Waals surface area (Å²) in [6, 6.07) is 16.2. The number of carbonyl (C=O) groups excluding carboxylic acids is 2. The van der Waals surface area contributed by atoms with Gasteiger partial charge < -0.3 is 23.7 Å². The van der Waals surface area contributed by atoms with E-state index in [9.17, 15) is 14.4 Å². The molecular weight excluding hydrogens is 827 g/mol. The highest BCUT2D eigenvalue weighted by molar-refractivity contribution is 14.1. The van der Waals surface area contributed by atoms with Crippen molar-refractivity contribution < 1.29 is 33.3 Å². The van der Waals surface area contributed by atoms with E-state index in [1.807, 2.05) is 38.1 Å². The fourth-order valence-electron chi connectivity index (χ4n) is 5.18. The zero-order valence-corrected chi connectivity index (χ0v) is 32.1. The molecule has 5 rings (SSSR count). The molecule has 4 aromatic rings. The van der Waals surface area contributed by atoms with Gasteiger partial charge >= 0.3 is 11.9 Å². The van der Waals surface area contributed by atoms with E-state index in [1.54, 1.807) is 38.1 Å². The first-order chi connectivity index (χ1) is 23.5. The summed E-state index contributed by atoms with van der Waals surface area (Å²) in [4.78, 5) is 44.4. The number of benzene rings is 3. The number of thiazole rings is 1. The molecule has 10 nitrogen and oxygen atoms in total. The zero-order valence-electron chi connectivity index (χ0n) is 27.5. The van der Waals surface area contributed by atoms with Crippen LogP contribution >= 0.6 is 49.9 Å². The van der Waals surface area contributed by atoms with Crippen LogP contribution in [0.25, 0.3) is 6.08 Å². The van der Waals surface area contributed by atoms with E-state index >= 15 is 0 Å². The smallest absolute Gasteiger partial charge is 0.343 e. The fourth-order valence-corrected chi connectivity index (χ4v) is 7.99. The van der Waals surface area contributed by atoms with Crippen LogP contribution in [0.4, 0.5) is 0 Å². The number of fused-ring (bicyclic) bond motifs is 1. The molecule has 0 radical (unpaired) electrons. The molecule has 0 N–H and O–H groups in total. The Hall–Kier alpha value is -3.95. The van der Waals surface area contributed by atoms with Gasteiger partial charge in [-0.15, -0.1) is 0 Å². The van der Waals surface area contributed by atoms with Crippen LogP contribution in [0, 0.1) is 10.5 Å². The zero-order chi connectivity index (χ0) is 35.2. The second-order valence-electron chi connectivity index (χ2n) is 10.9. The number of ether oxygens (including phenoxy) is 5. The molecule has 1 aliphatic rings. The van der Waals surface area contributed by atoms with Crippen molar-refractivity contribution in [2.75, 3.05) is 26.9 Å². The number of esters is 2. The summed E-state index contributed by atoms with van der Waals surface area (Å²) in [5.41, 5.74) is 3.95. The lowest BCUT2D eigenvalue weighted by Gasteiger charge is -2.25. The lowest BCUT2D eigenvalue weighted by molar-refractivity contribution is -0.143. The second kappa shape index (κ2) is 16.2. The van der Waals surface area contributed by atoms with Crippen molar-refractivity contribution in [2.24, 2.45) is 4.99 Å². The van der Waals surface area contributed by atoms with Gasteiger partial charge in [-0.25, -0.2) is 14.6 Å². The van der Waals surface area contributed by atoms with Crippen molar-refractivity contribution in [2.45, 2.75) is 40.3 Å². The summed E-state index contributed by atoms with van der Waals surface area (Å²) < 4.78 is 31.3. The molecule has 0 bridgehead atoms. The van der Waals surface area contributed by atoms with Crippen LogP contribution in [0.1, 0.15) is 49.1 Å². The van der Waals surface area contributed by atoms with E-state index in [2.05, 4.69) is 55.6 Å². The van der Waals surface area contributed by atoms with E-state index in [0.717, 1.165) is 19.2 Å². The third-order valence-electron chi connectivity index (χ3n) is 7.50. The minimum absolute atomic E-state index is 0.148. The number of hydrogen-bond acceptors (Lipinski definition) is 10. The van der Waals surface area contributed by atoms with Crippen LogP contribution in [0.3, 0.4) is 0 Å². The predicted octanol–water partition coefficient (Wildman–Crippen LogP) is 6.00. The van der Waals surface area contributed by atoms with Crippen molar-refractivity contribution in [1.29, 1.82) is 0 Å². The van der Waals surface area contributed by atoms with Gasteiger partial charge in [0.05, 0.1) is 50.2 Å². The molecule has 1 aromatic heterocycles. The predicted molar refractivity (Wildman–Crippen MR) is 198 cm³/mol. The highest BCUT2D eigenvalue weighted by atomic mass is 127. The number of hydrogen-bond donors (Lipinski definition) is 0. The normalized spacial score (nSPS) is 14.2. The lowest BCUT2D eigenvalue weighted by atomic mass is 9.95. The second-order valence-corrected chi connectivity index (χ2v) is 13.9. The highest BCUT2D eigenvalue weighted by Crippen LogP contribution is 2.37. The summed E-state index contributed by atoms with van der Waals surface area (Å²) in [5.74, 6) is 0.236. The van der Waals surface area contributed by atoms with Gasteiger partial charge in [0.1, 0.15) is 12.4 Å². The maximum Gasteiger partial charge on any atom is 0.343 e. The van der Waals surface area contributed by atoms with Gasteiger partial charge in [-0.05, 0) is 113 Å². The Bertz CT molecular complexity index is 2080. The molecule has 0 aliphatic carbocycles. The van der Waals surface area contributed by atoms with Gasteiger partial charge in [0.25, 0.3) is 5.56 Å². The summed E-state index contributed by atoms with van der Waals surface area (Å²) >= 11 is 7.10. The van der Waals surface area contributed by atoms with Gasteiger partial charge in [0.2, 0.25) is 0 Å². The summed E-state index contributed by atoms with van der Waals surface area (Å²) in [7, 11) is 1.27. The number of carbonyl (C=O) groups is 2. The van der Waals surface area contributed by atoms with Crippen LogP contribution in [-0.4, -0.2) is 43.4 Å². The minimum atomic E-state index is -0.865. The maximum atomic E-state index is 14.2. The molecule has 0 saturated heterocycles. The third kappa shape index (κ3) is 8.27. The number of aromatic nitrogens is 1. The number of aryl methyl sites for hydroxylation is 1. The highest BCUT2D eigenvalue weighted by Gasteiger charge is 2.34. The molecule has 3 aromatic carbocycles. The maximum absolute atomic E-state index is 14.2. The summed E-state index contributed by atoms with van der Waals surface area (Å²) in [6.07, 6.45) is 1.80. The molecule has 13 heteroatoms. The first-order valence-corrected chi connectivity index (χ1v) is 18.1.